The minimum absolute atomic E-state index is 0.00543. The van der Waals surface area contributed by atoms with E-state index in [2.05, 4.69) is 23.7 Å². The van der Waals surface area contributed by atoms with Crippen LogP contribution >= 0.6 is 0 Å². The highest BCUT2D eigenvalue weighted by atomic mass is 16.7. The van der Waals surface area contributed by atoms with Gasteiger partial charge in [0, 0.05) is 6.61 Å². The van der Waals surface area contributed by atoms with E-state index < -0.39 is 49.5 Å². The molecule has 0 radical (unpaired) electrons. The molecule has 1 fully saturated rings. The fourth-order valence-electron chi connectivity index (χ4n) is 2.35. The van der Waals surface area contributed by atoms with E-state index in [4.69, 9.17) is 14.6 Å². The Morgan fingerprint density at radius 2 is 1.86 bits per heavy atom. The molecule has 1 heterocycles. The second-order valence-corrected chi connectivity index (χ2v) is 6.08. The Morgan fingerprint density at radius 1 is 1.11 bits per heavy atom. The first-order valence-corrected chi connectivity index (χ1v) is 9.00. The second-order valence-electron chi connectivity index (χ2n) is 6.08. The van der Waals surface area contributed by atoms with E-state index in [-0.39, 0.29) is 6.61 Å². The molecule has 0 aliphatic carbocycles. The van der Waals surface area contributed by atoms with E-state index in [1.807, 2.05) is 0 Å². The SMILES string of the molecule is CC=CC#CC#CC(O)C(/C=C\CCCO)OC1OC(CO)C(O)C(O)C1O. The quantitative estimate of drug-likeness (QED) is 0.165. The number of rotatable bonds is 8. The van der Waals surface area contributed by atoms with Crippen LogP contribution in [0.4, 0.5) is 0 Å². The average Bonchev–Trinajstić information content (AvgIpc) is 2.69. The van der Waals surface area contributed by atoms with Gasteiger partial charge < -0.3 is 40.1 Å². The lowest BCUT2D eigenvalue weighted by Crippen LogP contribution is -2.60. The molecule has 1 aliphatic rings. The smallest absolute Gasteiger partial charge is 0.187 e. The van der Waals surface area contributed by atoms with Gasteiger partial charge in [-0.3, -0.25) is 0 Å². The first kappa shape index (κ1) is 24.3. The molecule has 8 heteroatoms. The highest BCUT2D eigenvalue weighted by Gasteiger charge is 2.45. The van der Waals surface area contributed by atoms with Crippen LogP contribution in [0.5, 0.6) is 0 Å². The van der Waals surface area contributed by atoms with Crippen molar-refractivity contribution in [3.8, 4) is 23.7 Å². The number of allylic oxidation sites excluding steroid dienone is 3. The number of ether oxygens (including phenoxy) is 2. The van der Waals surface area contributed by atoms with Gasteiger partial charge in [-0.25, -0.2) is 0 Å². The highest BCUT2D eigenvalue weighted by molar-refractivity contribution is 5.32. The monoisotopic (exact) mass is 396 g/mol. The van der Waals surface area contributed by atoms with Gasteiger partial charge in [0.2, 0.25) is 0 Å². The van der Waals surface area contributed by atoms with Crippen molar-refractivity contribution in [3.63, 3.8) is 0 Å². The standard InChI is InChI=1S/C20H28O8/c1-2-3-4-5-7-10-14(23)15(11-8-6-9-12-21)27-20-19(26)18(25)17(24)16(13-22)28-20/h2-3,8,11,14-26H,6,9,12-13H2,1H3/b3-2?,11-8-. The van der Waals surface area contributed by atoms with Crippen LogP contribution in [0.1, 0.15) is 19.8 Å². The number of aliphatic hydroxyl groups excluding tert-OH is 6. The normalized spacial score (nSPS) is 29.8. The summed E-state index contributed by atoms with van der Waals surface area (Å²) in [4.78, 5) is 0. The lowest BCUT2D eigenvalue weighted by Gasteiger charge is -2.40. The van der Waals surface area contributed by atoms with E-state index in [1.165, 1.54) is 6.08 Å². The van der Waals surface area contributed by atoms with E-state index >= 15 is 0 Å². The van der Waals surface area contributed by atoms with E-state index in [0.29, 0.717) is 12.8 Å². The van der Waals surface area contributed by atoms with Crippen LogP contribution in [0.25, 0.3) is 0 Å². The van der Waals surface area contributed by atoms with Gasteiger partial charge in [0.05, 0.1) is 6.61 Å². The molecular formula is C20H28O8. The molecule has 7 atom stereocenters. The first-order valence-electron chi connectivity index (χ1n) is 9.00. The zero-order valence-corrected chi connectivity index (χ0v) is 15.7. The third kappa shape index (κ3) is 7.72. The molecular weight excluding hydrogens is 368 g/mol. The van der Waals surface area contributed by atoms with Crippen LogP contribution in [0.15, 0.2) is 24.3 Å². The minimum Gasteiger partial charge on any atom is -0.396 e. The van der Waals surface area contributed by atoms with Crippen molar-refractivity contribution < 1.29 is 40.1 Å². The molecule has 1 aliphatic heterocycles. The van der Waals surface area contributed by atoms with Crippen molar-refractivity contribution in [1.82, 2.24) is 0 Å². The zero-order valence-electron chi connectivity index (χ0n) is 15.7. The third-order valence-electron chi connectivity index (χ3n) is 3.91. The third-order valence-corrected chi connectivity index (χ3v) is 3.91. The molecule has 0 aromatic rings. The van der Waals surface area contributed by atoms with Crippen molar-refractivity contribution in [2.75, 3.05) is 13.2 Å². The first-order chi connectivity index (χ1) is 13.5. The Morgan fingerprint density at radius 3 is 2.50 bits per heavy atom. The molecule has 0 amide bonds. The lowest BCUT2D eigenvalue weighted by molar-refractivity contribution is -0.311. The lowest BCUT2D eigenvalue weighted by atomic mass is 9.99. The van der Waals surface area contributed by atoms with Crippen molar-refractivity contribution in [2.24, 2.45) is 0 Å². The molecule has 7 unspecified atom stereocenters. The van der Waals surface area contributed by atoms with Crippen LogP contribution in [-0.2, 0) is 9.47 Å². The molecule has 8 nitrogen and oxygen atoms in total. The summed E-state index contributed by atoms with van der Waals surface area (Å²) in [7, 11) is 0. The summed E-state index contributed by atoms with van der Waals surface area (Å²) in [5, 5.41) is 58.2. The Hall–Kier alpha value is -1.72. The van der Waals surface area contributed by atoms with Gasteiger partial charge in [0.15, 0.2) is 6.29 Å². The summed E-state index contributed by atoms with van der Waals surface area (Å²) in [6.07, 6.45) is -2.07. The predicted molar refractivity (Wildman–Crippen MR) is 100 cm³/mol. The van der Waals surface area contributed by atoms with Crippen molar-refractivity contribution >= 4 is 0 Å². The summed E-state index contributed by atoms with van der Waals surface area (Å²) in [6.45, 7) is 1.22. The number of hydrogen-bond donors (Lipinski definition) is 6. The minimum atomic E-state index is -1.60. The Labute approximate surface area is 164 Å². The van der Waals surface area contributed by atoms with Crippen molar-refractivity contribution in [3.05, 3.63) is 24.3 Å². The maximum absolute atomic E-state index is 10.3. The zero-order chi connectivity index (χ0) is 20.9. The molecule has 1 saturated heterocycles. The van der Waals surface area contributed by atoms with Crippen LogP contribution < -0.4 is 0 Å². The average molecular weight is 396 g/mol. The number of aliphatic hydroxyl groups is 6. The summed E-state index contributed by atoms with van der Waals surface area (Å²) in [5.74, 6) is 10.2. The summed E-state index contributed by atoms with van der Waals surface area (Å²) in [6, 6.07) is 0. The fourth-order valence-corrected chi connectivity index (χ4v) is 2.35. The van der Waals surface area contributed by atoms with E-state index in [9.17, 15) is 25.5 Å². The Balaban J connectivity index is 2.92. The molecule has 28 heavy (non-hydrogen) atoms. The summed E-state index contributed by atoms with van der Waals surface area (Å²) < 4.78 is 10.9. The molecule has 0 aromatic heterocycles. The van der Waals surface area contributed by atoms with Crippen LogP contribution in [0, 0.1) is 23.7 Å². The van der Waals surface area contributed by atoms with Gasteiger partial charge in [-0.1, -0.05) is 30.1 Å². The van der Waals surface area contributed by atoms with Crippen LogP contribution in [0.3, 0.4) is 0 Å². The summed E-state index contributed by atoms with van der Waals surface area (Å²) in [5.41, 5.74) is 0. The van der Waals surface area contributed by atoms with Crippen molar-refractivity contribution in [1.29, 1.82) is 0 Å². The molecule has 1 rings (SSSR count). The maximum Gasteiger partial charge on any atom is 0.187 e. The van der Waals surface area contributed by atoms with E-state index in [1.54, 1.807) is 25.2 Å². The largest absolute Gasteiger partial charge is 0.396 e. The second kappa shape index (κ2) is 13.5. The molecule has 156 valence electrons. The summed E-state index contributed by atoms with van der Waals surface area (Å²) >= 11 is 0. The van der Waals surface area contributed by atoms with Gasteiger partial charge in [-0.2, -0.15) is 0 Å². The molecule has 0 bridgehead atoms. The van der Waals surface area contributed by atoms with Gasteiger partial charge in [-0.05, 0) is 37.7 Å². The molecule has 0 aromatic carbocycles. The van der Waals surface area contributed by atoms with E-state index in [0.717, 1.165) is 0 Å². The topological polar surface area (TPSA) is 140 Å². The molecule has 0 spiro atoms. The maximum atomic E-state index is 10.3. The predicted octanol–water partition coefficient (Wildman–Crippen LogP) is -1.56. The number of unbranched alkanes of at least 4 members (excludes halogenated alkanes) is 1. The van der Waals surface area contributed by atoms with Crippen LogP contribution in [0.2, 0.25) is 0 Å². The molecule has 6 N–H and O–H groups in total. The number of hydrogen-bond acceptors (Lipinski definition) is 8. The molecule has 0 saturated carbocycles. The van der Waals surface area contributed by atoms with Gasteiger partial charge in [-0.15, -0.1) is 0 Å². The Kier molecular flexibility index (Phi) is 11.7. The van der Waals surface area contributed by atoms with Gasteiger partial charge >= 0.3 is 0 Å². The fraction of sp³-hybridized carbons (Fsp3) is 0.600. The van der Waals surface area contributed by atoms with Gasteiger partial charge in [0.1, 0.15) is 36.6 Å². The van der Waals surface area contributed by atoms with Gasteiger partial charge in [0.25, 0.3) is 0 Å². The highest BCUT2D eigenvalue weighted by Crippen LogP contribution is 2.23. The van der Waals surface area contributed by atoms with Crippen LogP contribution in [-0.4, -0.2) is 86.8 Å². The van der Waals surface area contributed by atoms with Crippen molar-refractivity contribution in [2.45, 2.75) is 62.7 Å². The Bertz CT molecular complexity index is 622.